The van der Waals surface area contributed by atoms with Gasteiger partial charge in [-0.15, -0.1) is 0 Å². The fourth-order valence-electron chi connectivity index (χ4n) is 1.42. The molecule has 0 spiro atoms. The van der Waals surface area contributed by atoms with Gasteiger partial charge in [0.1, 0.15) is 0 Å². The molecule has 0 aliphatic heterocycles. The molecule has 104 valence electrons. The van der Waals surface area contributed by atoms with Crippen LogP contribution in [-0.4, -0.2) is 21.3 Å². The van der Waals surface area contributed by atoms with Crippen LogP contribution < -0.4 is 0 Å². The molecule has 3 N–H and O–H groups in total. The summed E-state index contributed by atoms with van der Waals surface area (Å²) in [5.74, 6) is -1.05. The molecule has 0 fully saturated rings. The maximum absolute atomic E-state index is 10.2. The van der Waals surface area contributed by atoms with E-state index in [2.05, 4.69) is 0 Å². The second-order valence-electron chi connectivity index (χ2n) is 3.92. The van der Waals surface area contributed by atoms with Crippen molar-refractivity contribution >= 4 is 12.0 Å². The molecule has 2 aromatic carbocycles. The van der Waals surface area contributed by atoms with Crippen LogP contribution in [-0.2, 0) is 0 Å². The topological polar surface area (TPSA) is 77.8 Å². The van der Waals surface area contributed by atoms with Gasteiger partial charge in [0.15, 0.2) is 11.5 Å². The van der Waals surface area contributed by atoms with Crippen LogP contribution in [0.15, 0.2) is 54.6 Å². The van der Waals surface area contributed by atoms with Gasteiger partial charge in [0.05, 0.1) is 5.56 Å². The molecule has 0 radical (unpaired) electrons. The third-order valence-electron chi connectivity index (χ3n) is 2.38. The number of phenols is 2. The van der Waals surface area contributed by atoms with Crippen LogP contribution in [0.1, 0.15) is 22.8 Å². The number of carboxylic acids is 1. The molecule has 0 heterocycles. The van der Waals surface area contributed by atoms with E-state index >= 15 is 0 Å². The Morgan fingerprint density at radius 3 is 2.10 bits per heavy atom. The second-order valence-corrected chi connectivity index (χ2v) is 3.92. The lowest BCUT2D eigenvalue weighted by Gasteiger charge is -1.97. The van der Waals surface area contributed by atoms with E-state index in [1.807, 2.05) is 19.1 Å². The Morgan fingerprint density at radius 1 is 1.00 bits per heavy atom. The van der Waals surface area contributed by atoms with E-state index in [1.165, 1.54) is 12.1 Å². The van der Waals surface area contributed by atoms with Crippen LogP contribution in [0.4, 0.5) is 0 Å². The summed E-state index contributed by atoms with van der Waals surface area (Å²) in [5, 5.41) is 26.4. The first-order chi connectivity index (χ1) is 9.54. The molecule has 0 amide bonds. The molecule has 0 bridgehead atoms. The van der Waals surface area contributed by atoms with E-state index in [9.17, 15) is 4.79 Å². The second kappa shape index (κ2) is 7.63. The van der Waals surface area contributed by atoms with E-state index in [0.29, 0.717) is 5.56 Å². The number of hydrogen-bond donors (Lipinski definition) is 3. The fraction of sp³-hybridized carbons (Fsp3) is 0.0625. The standard InChI is InChI=1S/C9H10O2.C7H6O2/c1-2-3-7-4-5-8(10)9(11)6-7;8-7(9)6-4-2-1-3-5-6/h2-6,10-11H,1H3;1-5H,(H,8,9). The first kappa shape index (κ1) is 15.3. The average Bonchev–Trinajstić information content (AvgIpc) is 2.45. The van der Waals surface area contributed by atoms with Crippen LogP contribution in [0.25, 0.3) is 6.08 Å². The Hall–Kier alpha value is -2.75. The summed E-state index contributed by atoms with van der Waals surface area (Å²) < 4.78 is 0. The predicted octanol–water partition coefficient (Wildman–Crippen LogP) is 3.52. The molecular formula is C16H16O4. The molecule has 0 aliphatic carbocycles. The van der Waals surface area contributed by atoms with Crippen LogP contribution in [0.3, 0.4) is 0 Å². The Balaban J connectivity index is 0.000000204. The molecule has 0 atom stereocenters. The Bertz CT molecular complexity index is 589. The zero-order valence-corrected chi connectivity index (χ0v) is 11.0. The minimum atomic E-state index is -0.879. The van der Waals surface area contributed by atoms with Gasteiger partial charge in [-0.05, 0) is 36.8 Å². The van der Waals surface area contributed by atoms with Crippen molar-refractivity contribution in [3.05, 3.63) is 65.7 Å². The first-order valence-electron chi connectivity index (χ1n) is 5.97. The first-order valence-corrected chi connectivity index (χ1v) is 5.97. The van der Waals surface area contributed by atoms with Crippen molar-refractivity contribution < 1.29 is 20.1 Å². The Kier molecular flexibility index (Phi) is 5.84. The summed E-state index contributed by atoms with van der Waals surface area (Å²) in [6.07, 6.45) is 3.71. The van der Waals surface area contributed by atoms with Gasteiger partial charge in [-0.1, -0.05) is 36.4 Å². The molecule has 2 aromatic rings. The molecule has 20 heavy (non-hydrogen) atoms. The summed E-state index contributed by atoms with van der Waals surface area (Å²) >= 11 is 0. The summed E-state index contributed by atoms with van der Waals surface area (Å²) in [6, 6.07) is 13.0. The van der Waals surface area contributed by atoms with Crippen LogP contribution in [0.5, 0.6) is 11.5 Å². The molecule has 0 saturated heterocycles. The molecule has 0 aromatic heterocycles. The number of benzene rings is 2. The highest BCUT2D eigenvalue weighted by Gasteiger charge is 1.97. The van der Waals surface area contributed by atoms with Gasteiger partial charge in [0.25, 0.3) is 0 Å². The van der Waals surface area contributed by atoms with Crippen LogP contribution >= 0.6 is 0 Å². The predicted molar refractivity (Wildman–Crippen MR) is 77.9 cm³/mol. The van der Waals surface area contributed by atoms with Gasteiger partial charge in [-0.25, -0.2) is 4.79 Å². The highest BCUT2D eigenvalue weighted by molar-refractivity contribution is 5.87. The molecular weight excluding hydrogens is 256 g/mol. The van der Waals surface area contributed by atoms with Crippen molar-refractivity contribution in [1.29, 1.82) is 0 Å². The van der Waals surface area contributed by atoms with E-state index < -0.39 is 5.97 Å². The highest BCUT2D eigenvalue weighted by atomic mass is 16.4. The fourth-order valence-corrected chi connectivity index (χ4v) is 1.42. The van der Waals surface area contributed by atoms with E-state index in [0.717, 1.165) is 5.56 Å². The van der Waals surface area contributed by atoms with Crippen molar-refractivity contribution in [2.45, 2.75) is 6.92 Å². The number of carbonyl (C=O) groups is 1. The monoisotopic (exact) mass is 272 g/mol. The molecule has 2 rings (SSSR count). The summed E-state index contributed by atoms with van der Waals surface area (Å²) in [7, 11) is 0. The van der Waals surface area contributed by atoms with E-state index in [4.69, 9.17) is 15.3 Å². The van der Waals surface area contributed by atoms with E-state index in [-0.39, 0.29) is 11.5 Å². The normalized spacial score (nSPS) is 9.85. The van der Waals surface area contributed by atoms with Crippen molar-refractivity contribution in [3.8, 4) is 11.5 Å². The maximum Gasteiger partial charge on any atom is 0.335 e. The lowest BCUT2D eigenvalue weighted by atomic mass is 10.2. The SMILES string of the molecule is CC=Cc1ccc(O)c(O)c1.O=C(O)c1ccccc1. The van der Waals surface area contributed by atoms with Gasteiger partial charge in [0, 0.05) is 0 Å². The molecule has 4 nitrogen and oxygen atoms in total. The number of aromatic hydroxyl groups is 2. The number of aromatic carboxylic acids is 1. The van der Waals surface area contributed by atoms with Crippen molar-refractivity contribution in [3.63, 3.8) is 0 Å². The highest BCUT2D eigenvalue weighted by Crippen LogP contribution is 2.25. The summed E-state index contributed by atoms with van der Waals surface area (Å²) in [5.41, 5.74) is 1.21. The number of phenolic OH excluding ortho intramolecular Hbond substituents is 2. The average molecular weight is 272 g/mol. The third-order valence-corrected chi connectivity index (χ3v) is 2.38. The molecule has 0 aliphatic rings. The van der Waals surface area contributed by atoms with Crippen LogP contribution in [0.2, 0.25) is 0 Å². The number of hydrogen-bond acceptors (Lipinski definition) is 3. The van der Waals surface area contributed by atoms with Crippen molar-refractivity contribution in [2.24, 2.45) is 0 Å². The Labute approximate surface area is 117 Å². The summed E-state index contributed by atoms with van der Waals surface area (Å²) in [4.78, 5) is 10.2. The molecule has 0 saturated carbocycles. The molecule has 0 unspecified atom stereocenters. The van der Waals surface area contributed by atoms with Crippen LogP contribution in [0, 0.1) is 0 Å². The zero-order valence-electron chi connectivity index (χ0n) is 11.0. The summed E-state index contributed by atoms with van der Waals surface area (Å²) in [6.45, 7) is 1.89. The maximum atomic E-state index is 10.2. The quantitative estimate of drug-likeness (QED) is 0.731. The van der Waals surface area contributed by atoms with Crippen molar-refractivity contribution in [2.75, 3.05) is 0 Å². The number of carboxylic acid groups (broad SMARTS) is 1. The molecule has 4 heteroatoms. The lowest BCUT2D eigenvalue weighted by molar-refractivity contribution is 0.0697. The van der Waals surface area contributed by atoms with Gasteiger partial charge in [0.2, 0.25) is 0 Å². The largest absolute Gasteiger partial charge is 0.504 e. The number of allylic oxidation sites excluding steroid dienone is 1. The third kappa shape index (κ3) is 4.86. The minimum absolute atomic E-state index is 0.0828. The lowest BCUT2D eigenvalue weighted by Crippen LogP contribution is -1.93. The van der Waals surface area contributed by atoms with Gasteiger partial charge >= 0.3 is 5.97 Å². The zero-order chi connectivity index (χ0) is 15.0. The number of rotatable bonds is 2. The van der Waals surface area contributed by atoms with Crippen molar-refractivity contribution in [1.82, 2.24) is 0 Å². The van der Waals surface area contributed by atoms with Gasteiger partial charge in [-0.3, -0.25) is 0 Å². The smallest absolute Gasteiger partial charge is 0.335 e. The minimum Gasteiger partial charge on any atom is -0.504 e. The Morgan fingerprint density at radius 2 is 1.65 bits per heavy atom. The van der Waals surface area contributed by atoms with Gasteiger partial charge < -0.3 is 15.3 Å². The van der Waals surface area contributed by atoms with Gasteiger partial charge in [-0.2, -0.15) is 0 Å². The van der Waals surface area contributed by atoms with E-state index in [1.54, 1.807) is 36.4 Å².